The molecule has 0 spiro atoms. The van der Waals surface area contributed by atoms with Gasteiger partial charge in [-0.25, -0.2) is 8.42 Å². The van der Waals surface area contributed by atoms with Crippen LogP contribution in [-0.4, -0.2) is 27.7 Å². The minimum atomic E-state index is -3.44. The third kappa shape index (κ3) is 4.87. The van der Waals surface area contributed by atoms with E-state index in [0.29, 0.717) is 11.4 Å². The van der Waals surface area contributed by atoms with E-state index in [4.69, 9.17) is 16.3 Å². The smallest absolute Gasteiger partial charge is 0.257 e. The van der Waals surface area contributed by atoms with Crippen LogP contribution in [0.1, 0.15) is 10.4 Å². The molecule has 0 aliphatic carbocycles. The van der Waals surface area contributed by atoms with E-state index in [-0.39, 0.29) is 16.3 Å². The zero-order valence-electron chi connectivity index (χ0n) is 12.5. The zero-order valence-corrected chi connectivity index (χ0v) is 14.0. The maximum absolute atomic E-state index is 12.3. The summed E-state index contributed by atoms with van der Waals surface area (Å²) in [7, 11) is -1.92. The first-order valence-electron chi connectivity index (χ1n) is 6.51. The molecule has 2 aromatic carbocycles. The molecule has 0 saturated heterocycles. The van der Waals surface area contributed by atoms with Crippen molar-refractivity contribution in [2.75, 3.05) is 23.4 Å². The third-order valence-corrected chi connectivity index (χ3v) is 3.78. The Morgan fingerprint density at radius 3 is 2.52 bits per heavy atom. The standard InChI is InChI=1S/C15H15ClN2O4S/c1-22-12-5-3-4-10(8-12)17-15(19)13-9-11(6-7-14(13)16)18-23(2,20)21/h3-9,18H,1-2H3,(H,17,19). The molecule has 122 valence electrons. The van der Waals surface area contributed by atoms with Gasteiger partial charge < -0.3 is 10.1 Å². The van der Waals surface area contributed by atoms with Gasteiger partial charge in [0.2, 0.25) is 10.0 Å². The Hall–Kier alpha value is -2.25. The average molecular weight is 355 g/mol. The Balaban J connectivity index is 2.26. The van der Waals surface area contributed by atoms with E-state index in [1.807, 2.05) is 0 Å². The van der Waals surface area contributed by atoms with Gasteiger partial charge in [0.25, 0.3) is 5.91 Å². The van der Waals surface area contributed by atoms with Crippen molar-refractivity contribution in [1.82, 2.24) is 0 Å². The van der Waals surface area contributed by atoms with Crippen molar-refractivity contribution in [2.24, 2.45) is 0 Å². The van der Waals surface area contributed by atoms with Crippen molar-refractivity contribution in [2.45, 2.75) is 0 Å². The summed E-state index contributed by atoms with van der Waals surface area (Å²) in [6, 6.07) is 11.1. The summed E-state index contributed by atoms with van der Waals surface area (Å²) >= 11 is 6.02. The highest BCUT2D eigenvalue weighted by Crippen LogP contribution is 2.23. The highest BCUT2D eigenvalue weighted by Gasteiger charge is 2.13. The Bertz CT molecular complexity index is 837. The van der Waals surface area contributed by atoms with Crippen LogP contribution in [0, 0.1) is 0 Å². The molecule has 6 nitrogen and oxygen atoms in total. The fourth-order valence-corrected chi connectivity index (χ4v) is 2.63. The second-order valence-corrected chi connectivity index (χ2v) is 6.91. The number of anilines is 2. The Labute approximate surface area is 139 Å². The molecular weight excluding hydrogens is 340 g/mol. The van der Waals surface area contributed by atoms with Crippen LogP contribution in [-0.2, 0) is 10.0 Å². The number of methoxy groups -OCH3 is 1. The van der Waals surface area contributed by atoms with Gasteiger partial charge in [-0.15, -0.1) is 0 Å². The molecule has 0 fully saturated rings. The van der Waals surface area contributed by atoms with E-state index in [1.54, 1.807) is 24.3 Å². The minimum absolute atomic E-state index is 0.156. The lowest BCUT2D eigenvalue weighted by molar-refractivity contribution is 0.102. The first-order chi connectivity index (χ1) is 10.8. The molecule has 2 N–H and O–H groups in total. The molecule has 0 unspecified atom stereocenters. The summed E-state index contributed by atoms with van der Waals surface area (Å²) in [4.78, 5) is 12.3. The van der Waals surface area contributed by atoms with Crippen molar-refractivity contribution < 1.29 is 17.9 Å². The monoisotopic (exact) mass is 354 g/mol. The Morgan fingerprint density at radius 2 is 1.87 bits per heavy atom. The van der Waals surface area contributed by atoms with Gasteiger partial charge in [-0.2, -0.15) is 0 Å². The topological polar surface area (TPSA) is 84.5 Å². The van der Waals surface area contributed by atoms with E-state index in [1.165, 1.54) is 25.3 Å². The van der Waals surface area contributed by atoms with Crippen molar-refractivity contribution in [3.05, 3.63) is 53.1 Å². The fourth-order valence-electron chi connectivity index (χ4n) is 1.88. The number of nitrogens with one attached hydrogen (secondary N) is 2. The lowest BCUT2D eigenvalue weighted by Crippen LogP contribution is -2.14. The lowest BCUT2D eigenvalue weighted by Gasteiger charge is -2.10. The summed E-state index contributed by atoms with van der Waals surface area (Å²) in [6.45, 7) is 0. The molecule has 0 aliphatic rings. The number of benzene rings is 2. The number of ether oxygens (including phenoxy) is 1. The summed E-state index contributed by atoms with van der Waals surface area (Å²) < 4.78 is 29.9. The molecule has 23 heavy (non-hydrogen) atoms. The molecule has 0 bridgehead atoms. The fraction of sp³-hybridized carbons (Fsp3) is 0.133. The molecular formula is C15H15ClN2O4S. The molecule has 0 aliphatic heterocycles. The van der Waals surface area contributed by atoms with Crippen LogP contribution in [0.3, 0.4) is 0 Å². The third-order valence-electron chi connectivity index (χ3n) is 2.84. The molecule has 1 amide bonds. The van der Waals surface area contributed by atoms with Gasteiger partial charge in [0, 0.05) is 17.4 Å². The quantitative estimate of drug-likeness (QED) is 0.864. The van der Waals surface area contributed by atoms with Gasteiger partial charge in [0.15, 0.2) is 0 Å². The number of amides is 1. The largest absolute Gasteiger partial charge is 0.497 e. The van der Waals surface area contributed by atoms with E-state index in [9.17, 15) is 13.2 Å². The van der Waals surface area contributed by atoms with Gasteiger partial charge >= 0.3 is 0 Å². The van der Waals surface area contributed by atoms with Gasteiger partial charge in [-0.1, -0.05) is 17.7 Å². The average Bonchev–Trinajstić information content (AvgIpc) is 2.48. The van der Waals surface area contributed by atoms with E-state index in [0.717, 1.165) is 6.26 Å². The number of hydrogen-bond acceptors (Lipinski definition) is 4. The van der Waals surface area contributed by atoms with Crippen LogP contribution in [0.4, 0.5) is 11.4 Å². The number of rotatable bonds is 5. The van der Waals surface area contributed by atoms with Crippen LogP contribution < -0.4 is 14.8 Å². The lowest BCUT2D eigenvalue weighted by atomic mass is 10.2. The van der Waals surface area contributed by atoms with Crippen molar-refractivity contribution >= 4 is 38.9 Å². The first-order valence-corrected chi connectivity index (χ1v) is 8.78. The molecule has 0 aromatic heterocycles. The van der Waals surface area contributed by atoms with Gasteiger partial charge in [0.1, 0.15) is 5.75 Å². The maximum Gasteiger partial charge on any atom is 0.257 e. The van der Waals surface area contributed by atoms with Crippen LogP contribution in [0.25, 0.3) is 0 Å². The predicted molar refractivity (Wildman–Crippen MR) is 90.9 cm³/mol. The van der Waals surface area contributed by atoms with Crippen LogP contribution in [0.2, 0.25) is 5.02 Å². The Morgan fingerprint density at radius 1 is 1.13 bits per heavy atom. The number of carbonyl (C=O) groups excluding carboxylic acids is 1. The molecule has 2 rings (SSSR count). The highest BCUT2D eigenvalue weighted by atomic mass is 35.5. The predicted octanol–water partition coefficient (Wildman–Crippen LogP) is 2.97. The molecule has 0 atom stereocenters. The van der Waals surface area contributed by atoms with Crippen LogP contribution in [0.5, 0.6) is 5.75 Å². The molecule has 2 aromatic rings. The van der Waals surface area contributed by atoms with E-state index in [2.05, 4.69) is 10.0 Å². The van der Waals surface area contributed by atoms with Crippen LogP contribution in [0.15, 0.2) is 42.5 Å². The highest BCUT2D eigenvalue weighted by molar-refractivity contribution is 7.92. The number of hydrogen-bond donors (Lipinski definition) is 2. The minimum Gasteiger partial charge on any atom is -0.497 e. The van der Waals surface area contributed by atoms with Gasteiger partial charge in [0.05, 0.1) is 24.0 Å². The van der Waals surface area contributed by atoms with Gasteiger partial charge in [-0.05, 0) is 30.3 Å². The molecule has 8 heteroatoms. The summed E-state index contributed by atoms with van der Waals surface area (Å²) in [5, 5.41) is 2.90. The maximum atomic E-state index is 12.3. The molecule has 0 radical (unpaired) electrons. The first kappa shape index (κ1) is 17.1. The normalized spacial score (nSPS) is 10.9. The second kappa shape index (κ2) is 6.89. The van der Waals surface area contributed by atoms with Crippen molar-refractivity contribution in [3.63, 3.8) is 0 Å². The van der Waals surface area contributed by atoms with Gasteiger partial charge in [-0.3, -0.25) is 9.52 Å². The Kier molecular flexibility index (Phi) is 5.12. The second-order valence-electron chi connectivity index (χ2n) is 4.75. The zero-order chi connectivity index (χ0) is 17.0. The summed E-state index contributed by atoms with van der Waals surface area (Å²) in [5.74, 6) is 0.141. The van der Waals surface area contributed by atoms with E-state index < -0.39 is 15.9 Å². The number of carbonyl (C=O) groups is 1. The van der Waals surface area contributed by atoms with E-state index >= 15 is 0 Å². The summed E-state index contributed by atoms with van der Waals surface area (Å²) in [6.07, 6.45) is 1.03. The number of halogens is 1. The molecule has 0 heterocycles. The SMILES string of the molecule is COc1cccc(NC(=O)c2cc(NS(C)(=O)=O)ccc2Cl)c1. The van der Waals surface area contributed by atoms with Crippen molar-refractivity contribution in [1.29, 1.82) is 0 Å². The molecule has 0 saturated carbocycles. The summed E-state index contributed by atoms with van der Waals surface area (Å²) in [5.41, 5.74) is 0.947. The number of sulfonamides is 1. The van der Waals surface area contributed by atoms with Crippen LogP contribution >= 0.6 is 11.6 Å². The van der Waals surface area contributed by atoms with Crippen molar-refractivity contribution in [3.8, 4) is 5.75 Å².